The highest BCUT2D eigenvalue weighted by Crippen LogP contribution is 2.36. The molecule has 4 amide bonds. The van der Waals surface area contributed by atoms with Crippen molar-refractivity contribution < 1.29 is 45.5 Å². The van der Waals surface area contributed by atoms with Crippen LogP contribution in [0, 0.1) is 0 Å². The normalized spacial score (nSPS) is 18.4. The number of hydrogen-bond donors (Lipinski definition) is 2. The average Bonchev–Trinajstić information content (AvgIpc) is 2.97. The third-order valence-corrected chi connectivity index (χ3v) is 7.16. The summed E-state index contributed by atoms with van der Waals surface area (Å²) in [6.45, 7) is 0. The molecule has 184 valence electrons. The smallest absolute Gasteiger partial charge is 0.404 e. The number of halogens is 4. The van der Waals surface area contributed by atoms with E-state index in [4.69, 9.17) is 0 Å². The van der Waals surface area contributed by atoms with Gasteiger partial charge in [-0.1, -0.05) is 12.1 Å². The van der Waals surface area contributed by atoms with Crippen LogP contribution in [-0.4, -0.2) is 49.4 Å². The number of piperidine rings is 1. The molecule has 1 unspecified atom stereocenters. The van der Waals surface area contributed by atoms with Gasteiger partial charge in [0.15, 0.2) is 0 Å². The number of ether oxygens (including phenoxy) is 1. The maximum absolute atomic E-state index is 13.0. The molecule has 4 rings (SSSR count). The maximum atomic E-state index is 13.0. The number of imide groups is 2. The van der Waals surface area contributed by atoms with E-state index in [1.165, 1.54) is 6.07 Å². The number of amides is 4. The SMILES string of the molecule is O=C1CCC(N2C(=O)c3cc(NS(=O)(=O)c4ccccc4OC(F)(F)F)cc(Br)c3C2=O)C(=O)N1. The first-order valence-corrected chi connectivity index (χ1v) is 12.0. The molecule has 0 aliphatic carbocycles. The highest BCUT2D eigenvalue weighted by molar-refractivity contribution is 9.10. The van der Waals surface area contributed by atoms with Crippen molar-refractivity contribution in [2.45, 2.75) is 30.1 Å². The van der Waals surface area contributed by atoms with E-state index in [1.807, 2.05) is 0 Å². The Kier molecular flexibility index (Phi) is 6.09. The van der Waals surface area contributed by atoms with Gasteiger partial charge < -0.3 is 4.74 Å². The molecular weight excluding hydrogens is 563 g/mol. The van der Waals surface area contributed by atoms with E-state index in [2.05, 4.69) is 30.7 Å². The lowest BCUT2D eigenvalue weighted by molar-refractivity contribution is -0.275. The lowest BCUT2D eigenvalue weighted by atomic mass is 10.0. The number of nitrogens with one attached hydrogen (secondary N) is 2. The van der Waals surface area contributed by atoms with Crippen molar-refractivity contribution in [2.24, 2.45) is 0 Å². The Morgan fingerprint density at radius 3 is 2.43 bits per heavy atom. The summed E-state index contributed by atoms with van der Waals surface area (Å²) in [5, 5.41) is 2.05. The fraction of sp³-hybridized carbons (Fsp3) is 0.200. The summed E-state index contributed by atoms with van der Waals surface area (Å²) in [5.74, 6) is -4.07. The highest BCUT2D eigenvalue weighted by atomic mass is 79.9. The van der Waals surface area contributed by atoms with Crippen molar-refractivity contribution in [1.29, 1.82) is 0 Å². The van der Waals surface area contributed by atoms with Crippen LogP contribution in [0.2, 0.25) is 0 Å². The summed E-state index contributed by atoms with van der Waals surface area (Å²) in [7, 11) is -4.64. The first kappa shape index (κ1) is 24.7. The molecule has 1 saturated heterocycles. The number of fused-ring (bicyclic) bond motifs is 1. The van der Waals surface area contributed by atoms with Gasteiger partial charge in [0.05, 0.1) is 16.8 Å². The van der Waals surface area contributed by atoms with Crippen molar-refractivity contribution >= 4 is 55.3 Å². The van der Waals surface area contributed by atoms with Gasteiger partial charge >= 0.3 is 6.36 Å². The molecule has 1 atom stereocenters. The van der Waals surface area contributed by atoms with Crippen molar-refractivity contribution in [3.8, 4) is 5.75 Å². The molecule has 2 aromatic rings. The number of benzene rings is 2. The van der Waals surface area contributed by atoms with E-state index >= 15 is 0 Å². The quantitative estimate of drug-likeness (QED) is 0.522. The largest absolute Gasteiger partial charge is 0.573 e. The topological polar surface area (TPSA) is 139 Å². The molecule has 0 aromatic heterocycles. The Labute approximate surface area is 203 Å². The third kappa shape index (κ3) is 4.73. The number of nitrogens with zero attached hydrogens (tertiary/aromatic N) is 1. The average molecular weight is 576 g/mol. The first-order chi connectivity index (χ1) is 16.3. The van der Waals surface area contributed by atoms with Crippen LogP contribution >= 0.6 is 15.9 Å². The predicted molar refractivity (Wildman–Crippen MR) is 115 cm³/mol. The zero-order valence-corrected chi connectivity index (χ0v) is 19.6. The van der Waals surface area contributed by atoms with Crippen LogP contribution in [-0.2, 0) is 19.6 Å². The van der Waals surface area contributed by atoms with E-state index in [0.29, 0.717) is 4.90 Å². The monoisotopic (exact) mass is 575 g/mol. The van der Waals surface area contributed by atoms with E-state index < -0.39 is 56.7 Å². The molecule has 15 heteroatoms. The van der Waals surface area contributed by atoms with Gasteiger partial charge in [-0.2, -0.15) is 0 Å². The minimum Gasteiger partial charge on any atom is -0.404 e. The summed E-state index contributed by atoms with van der Waals surface area (Å²) in [6.07, 6.45) is -5.31. The molecule has 2 heterocycles. The number of alkyl halides is 3. The molecule has 10 nitrogen and oxygen atoms in total. The number of sulfonamides is 1. The van der Waals surface area contributed by atoms with Crippen molar-refractivity contribution in [3.05, 3.63) is 52.0 Å². The van der Waals surface area contributed by atoms with Crippen LogP contribution in [0.15, 0.2) is 45.8 Å². The maximum Gasteiger partial charge on any atom is 0.573 e. The van der Waals surface area contributed by atoms with Gasteiger partial charge in [0.2, 0.25) is 11.8 Å². The van der Waals surface area contributed by atoms with E-state index in [9.17, 15) is 40.8 Å². The molecule has 2 aliphatic rings. The molecule has 0 bridgehead atoms. The Bertz CT molecular complexity index is 1390. The van der Waals surface area contributed by atoms with Crippen molar-refractivity contribution in [2.75, 3.05) is 4.72 Å². The van der Waals surface area contributed by atoms with E-state index in [0.717, 1.165) is 30.3 Å². The zero-order valence-electron chi connectivity index (χ0n) is 17.2. The summed E-state index contributed by atoms with van der Waals surface area (Å²) >= 11 is 3.10. The molecule has 2 aliphatic heterocycles. The van der Waals surface area contributed by atoms with Crippen LogP contribution < -0.4 is 14.8 Å². The molecule has 0 spiro atoms. The Hall–Kier alpha value is -3.46. The predicted octanol–water partition coefficient (Wildman–Crippen LogP) is 2.55. The molecule has 35 heavy (non-hydrogen) atoms. The van der Waals surface area contributed by atoms with E-state index in [-0.39, 0.29) is 34.1 Å². The number of hydrogen-bond acceptors (Lipinski definition) is 7. The van der Waals surface area contributed by atoms with Crippen molar-refractivity contribution in [1.82, 2.24) is 10.2 Å². The summed E-state index contributed by atoms with van der Waals surface area (Å²) in [6, 6.07) is 4.99. The summed E-state index contributed by atoms with van der Waals surface area (Å²) in [4.78, 5) is 49.3. The standard InChI is InChI=1S/C20H13BrF3N3O7S/c21-11-8-9(26-35(32,33)14-4-2-1-3-13(14)34-20(22,23)24)7-10-16(11)19(31)27(18(10)30)12-5-6-15(28)25-17(12)29/h1-4,7-8,12,26H,5-6H2,(H,25,28,29). The summed E-state index contributed by atoms with van der Waals surface area (Å²) < 4.78 is 69.6. The third-order valence-electron chi connectivity index (χ3n) is 5.11. The van der Waals surface area contributed by atoms with Gasteiger partial charge in [0.1, 0.15) is 16.7 Å². The van der Waals surface area contributed by atoms with Crippen LogP contribution in [0.5, 0.6) is 5.75 Å². The molecule has 0 radical (unpaired) electrons. The number of carbonyl (C=O) groups excluding carboxylic acids is 4. The van der Waals surface area contributed by atoms with E-state index in [1.54, 1.807) is 0 Å². The lowest BCUT2D eigenvalue weighted by Gasteiger charge is -2.27. The molecular formula is C20H13BrF3N3O7S. The minimum absolute atomic E-state index is 0.000621. The molecule has 1 fully saturated rings. The van der Waals surface area contributed by atoms with Gasteiger partial charge in [0, 0.05) is 10.9 Å². The number of para-hydroxylation sites is 1. The number of anilines is 1. The minimum atomic E-state index is -5.14. The second-order valence-electron chi connectivity index (χ2n) is 7.43. The van der Waals surface area contributed by atoms with Gasteiger partial charge in [-0.25, -0.2) is 8.42 Å². The fourth-order valence-electron chi connectivity index (χ4n) is 3.70. The fourth-order valence-corrected chi connectivity index (χ4v) is 5.50. The Balaban J connectivity index is 1.67. The van der Waals surface area contributed by atoms with Gasteiger partial charge in [-0.15, -0.1) is 13.2 Å². The Morgan fingerprint density at radius 2 is 1.77 bits per heavy atom. The second kappa shape index (κ2) is 8.64. The molecule has 2 N–H and O–H groups in total. The lowest BCUT2D eigenvalue weighted by Crippen LogP contribution is -2.54. The first-order valence-electron chi connectivity index (χ1n) is 9.71. The van der Waals surface area contributed by atoms with Crippen LogP contribution in [0.1, 0.15) is 33.6 Å². The Morgan fingerprint density at radius 1 is 1.09 bits per heavy atom. The van der Waals surface area contributed by atoms with Crippen LogP contribution in [0.4, 0.5) is 18.9 Å². The summed E-state index contributed by atoms with van der Waals surface area (Å²) in [5.41, 5.74) is -0.626. The van der Waals surface area contributed by atoms with Gasteiger partial charge in [-0.3, -0.25) is 34.1 Å². The van der Waals surface area contributed by atoms with Crippen LogP contribution in [0.25, 0.3) is 0 Å². The number of rotatable bonds is 5. The number of carbonyl (C=O) groups is 4. The molecule has 2 aromatic carbocycles. The van der Waals surface area contributed by atoms with Crippen LogP contribution in [0.3, 0.4) is 0 Å². The second-order valence-corrected chi connectivity index (χ2v) is 9.93. The highest BCUT2D eigenvalue weighted by Gasteiger charge is 2.46. The van der Waals surface area contributed by atoms with Crippen molar-refractivity contribution in [3.63, 3.8) is 0 Å². The zero-order chi connectivity index (χ0) is 25.7. The van der Waals surface area contributed by atoms with Gasteiger partial charge in [-0.05, 0) is 46.6 Å². The molecule has 0 saturated carbocycles. The van der Waals surface area contributed by atoms with Gasteiger partial charge in [0.25, 0.3) is 21.8 Å².